The number of aliphatic hydroxyl groups is 1. The number of nitrogens with zero attached hydrogens (tertiary/aromatic N) is 1. The van der Waals surface area contributed by atoms with Gasteiger partial charge in [-0.25, -0.2) is 4.98 Å². The van der Waals surface area contributed by atoms with E-state index in [-0.39, 0.29) is 28.4 Å². The quantitative estimate of drug-likeness (QED) is 0.757. The molecule has 0 aliphatic rings. The number of H-pyrrole nitrogens is 1. The molecule has 2 heterocycles. The third-order valence-electron chi connectivity index (χ3n) is 2.14. The molecule has 0 bridgehead atoms. The lowest BCUT2D eigenvalue weighted by molar-refractivity contribution is 0.102. The van der Waals surface area contributed by atoms with Crippen LogP contribution in [0.1, 0.15) is 21.8 Å². The first kappa shape index (κ1) is 14.9. The summed E-state index contributed by atoms with van der Waals surface area (Å²) in [4.78, 5) is 19.3. The highest BCUT2D eigenvalue weighted by Gasteiger charge is 2.13. The molecule has 1 amide bonds. The first-order valence-electron chi connectivity index (χ1n) is 5.51. The van der Waals surface area contributed by atoms with Crippen LogP contribution in [0.25, 0.3) is 0 Å². The molecule has 0 radical (unpaired) electrons. The third-order valence-corrected chi connectivity index (χ3v) is 3.67. The number of carbonyl (C=O) groups excluding carboxylic acids is 1. The largest absolute Gasteiger partial charge is 0.395 e. The minimum absolute atomic E-state index is 0.0176. The summed E-state index contributed by atoms with van der Waals surface area (Å²) in [7, 11) is 0. The summed E-state index contributed by atoms with van der Waals surface area (Å²) in [5.41, 5.74) is 0.253. The highest BCUT2D eigenvalue weighted by Crippen LogP contribution is 2.23. The monoisotopic (exact) mass is 329 g/mol. The van der Waals surface area contributed by atoms with E-state index in [0.717, 1.165) is 0 Å². The van der Waals surface area contributed by atoms with E-state index in [1.807, 2.05) is 0 Å². The van der Waals surface area contributed by atoms with Crippen LogP contribution >= 0.6 is 34.5 Å². The SMILES string of the molecule is O=C(Nc1ncc(C#CCCO)s1)c1cc(Cl)c(Cl)[nH]1. The maximum absolute atomic E-state index is 11.9. The van der Waals surface area contributed by atoms with Gasteiger partial charge in [-0.1, -0.05) is 46.4 Å². The summed E-state index contributed by atoms with van der Waals surface area (Å²) in [5, 5.41) is 12.2. The third kappa shape index (κ3) is 3.74. The molecule has 0 aliphatic carbocycles. The Hall–Kier alpha value is -1.52. The zero-order valence-electron chi connectivity index (χ0n) is 10.0. The maximum Gasteiger partial charge on any atom is 0.273 e. The van der Waals surface area contributed by atoms with Crippen LogP contribution < -0.4 is 5.32 Å². The lowest BCUT2D eigenvalue weighted by atomic mass is 10.4. The maximum atomic E-state index is 11.9. The fourth-order valence-corrected chi connectivity index (χ4v) is 2.28. The van der Waals surface area contributed by atoms with E-state index in [1.165, 1.54) is 17.4 Å². The van der Waals surface area contributed by atoms with Crippen LogP contribution in [0.3, 0.4) is 0 Å². The number of carbonyl (C=O) groups is 1. The first-order valence-corrected chi connectivity index (χ1v) is 7.08. The zero-order valence-corrected chi connectivity index (χ0v) is 12.4. The molecule has 20 heavy (non-hydrogen) atoms. The molecular formula is C12H9Cl2N3O2S. The van der Waals surface area contributed by atoms with Gasteiger partial charge in [0, 0.05) is 6.42 Å². The van der Waals surface area contributed by atoms with Gasteiger partial charge in [0.15, 0.2) is 5.13 Å². The molecule has 2 aromatic rings. The van der Waals surface area contributed by atoms with Gasteiger partial charge in [0.05, 0.1) is 22.7 Å². The molecule has 0 fully saturated rings. The Balaban J connectivity index is 2.03. The van der Waals surface area contributed by atoms with Gasteiger partial charge < -0.3 is 10.1 Å². The number of hydrogen-bond donors (Lipinski definition) is 3. The Morgan fingerprint density at radius 1 is 1.55 bits per heavy atom. The molecule has 0 aromatic carbocycles. The predicted octanol–water partition coefficient (Wildman–Crippen LogP) is 2.76. The van der Waals surface area contributed by atoms with Crippen molar-refractivity contribution in [2.45, 2.75) is 6.42 Å². The van der Waals surface area contributed by atoms with Crippen molar-refractivity contribution in [3.63, 3.8) is 0 Å². The summed E-state index contributed by atoms with van der Waals surface area (Å²) in [5.74, 6) is 5.23. The van der Waals surface area contributed by atoms with E-state index in [0.29, 0.717) is 16.4 Å². The number of aromatic amines is 1. The Labute approximate surface area is 128 Å². The molecule has 3 N–H and O–H groups in total. The second kappa shape index (κ2) is 6.77. The van der Waals surface area contributed by atoms with Crippen LogP contribution in [0.5, 0.6) is 0 Å². The van der Waals surface area contributed by atoms with E-state index < -0.39 is 0 Å². The molecule has 8 heteroatoms. The van der Waals surface area contributed by atoms with Crippen molar-refractivity contribution in [3.8, 4) is 11.8 Å². The summed E-state index contributed by atoms with van der Waals surface area (Å²) >= 11 is 12.7. The van der Waals surface area contributed by atoms with Gasteiger partial charge >= 0.3 is 0 Å². The highest BCUT2D eigenvalue weighted by molar-refractivity contribution is 7.16. The second-order valence-electron chi connectivity index (χ2n) is 3.60. The highest BCUT2D eigenvalue weighted by atomic mass is 35.5. The molecule has 0 atom stereocenters. The summed E-state index contributed by atoms with van der Waals surface area (Å²) in [6, 6.07) is 1.44. The Morgan fingerprint density at radius 2 is 2.35 bits per heavy atom. The Bertz CT molecular complexity index is 665. The van der Waals surface area contributed by atoms with E-state index in [4.69, 9.17) is 28.3 Å². The van der Waals surface area contributed by atoms with Gasteiger partial charge in [-0.15, -0.1) is 0 Å². The van der Waals surface area contributed by atoms with Crippen molar-refractivity contribution in [1.82, 2.24) is 9.97 Å². The number of hydrogen-bond acceptors (Lipinski definition) is 4. The van der Waals surface area contributed by atoms with Crippen molar-refractivity contribution < 1.29 is 9.90 Å². The topological polar surface area (TPSA) is 78.0 Å². The van der Waals surface area contributed by atoms with Crippen molar-refractivity contribution in [1.29, 1.82) is 0 Å². The van der Waals surface area contributed by atoms with Gasteiger partial charge in [-0.2, -0.15) is 0 Å². The molecular weight excluding hydrogens is 321 g/mol. The molecule has 0 spiro atoms. The zero-order chi connectivity index (χ0) is 14.5. The fourth-order valence-electron chi connectivity index (χ4n) is 1.29. The van der Waals surface area contributed by atoms with Crippen molar-refractivity contribution in [3.05, 3.63) is 33.0 Å². The molecule has 2 rings (SSSR count). The average molecular weight is 330 g/mol. The Morgan fingerprint density at radius 3 is 3.00 bits per heavy atom. The lowest BCUT2D eigenvalue weighted by Crippen LogP contribution is -2.11. The summed E-state index contributed by atoms with van der Waals surface area (Å²) < 4.78 is 0. The Kier molecular flexibility index (Phi) is 5.04. The molecule has 0 unspecified atom stereocenters. The van der Waals surface area contributed by atoms with Gasteiger partial charge in [-0.05, 0) is 6.07 Å². The number of rotatable bonds is 3. The molecule has 104 valence electrons. The standard InChI is InChI=1S/C12H9Cl2N3O2S/c13-8-5-9(16-10(8)14)11(19)17-12-15-6-7(20-12)3-1-2-4-18/h5-6,16,18H,2,4H2,(H,15,17,19). The van der Waals surface area contributed by atoms with Crippen LogP contribution in [0.4, 0.5) is 5.13 Å². The van der Waals surface area contributed by atoms with E-state index in [1.54, 1.807) is 6.20 Å². The number of aromatic nitrogens is 2. The minimum atomic E-state index is -0.386. The van der Waals surface area contributed by atoms with E-state index >= 15 is 0 Å². The average Bonchev–Trinajstić information content (AvgIpc) is 2.98. The molecule has 0 saturated carbocycles. The van der Waals surface area contributed by atoms with Gasteiger partial charge in [0.1, 0.15) is 10.8 Å². The normalized spacial score (nSPS) is 9.95. The van der Waals surface area contributed by atoms with Crippen LogP contribution in [-0.4, -0.2) is 27.6 Å². The second-order valence-corrected chi connectivity index (χ2v) is 5.42. The number of nitrogens with one attached hydrogen (secondary N) is 2. The summed E-state index contributed by atoms with van der Waals surface area (Å²) in [6.07, 6.45) is 1.96. The minimum Gasteiger partial charge on any atom is -0.395 e. The van der Waals surface area contributed by atoms with E-state index in [2.05, 4.69) is 27.1 Å². The van der Waals surface area contributed by atoms with Gasteiger partial charge in [0.25, 0.3) is 5.91 Å². The van der Waals surface area contributed by atoms with E-state index in [9.17, 15) is 4.79 Å². The van der Waals surface area contributed by atoms with Crippen molar-refractivity contribution in [2.75, 3.05) is 11.9 Å². The van der Waals surface area contributed by atoms with Crippen LogP contribution in [0.15, 0.2) is 12.3 Å². The van der Waals surface area contributed by atoms with Crippen LogP contribution in [0.2, 0.25) is 10.2 Å². The molecule has 5 nitrogen and oxygen atoms in total. The predicted molar refractivity (Wildman–Crippen MR) is 79.5 cm³/mol. The number of anilines is 1. The van der Waals surface area contributed by atoms with Gasteiger partial charge in [0.2, 0.25) is 0 Å². The fraction of sp³-hybridized carbons (Fsp3) is 0.167. The van der Waals surface area contributed by atoms with Crippen LogP contribution in [0, 0.1) is 11.8 Å². The molecule has 0 saturated heterocycles. The molecule has 0 aliphatic heterocycles. The van der Waals surface area contributed by atoms with Crippen LogP contribution in [-0.2, 0) is 0 Å². The number of aliphatic hydroxyl groups excluding tert-OH is 1. The molecule has 2 aromatic heterocycles. The number of amides is 1. The number of thiazole rings is 1. The van der Waals surface area contributed by atoms with Crippen molar-refractivity contribution in [2.24, 2.45) is 0 Å². The smallest absolute Gasteiger partial charge is 0.273 e. The lowest BCUT2D eigenvalue weighted by Gasteiger charge is -1.97. The van der Waals surface area contributed by atoms with Gasteiger partial charge in [-0.3, -0.25) is 10.1 Å². The van der Waals surface area contributed by atoms with Crippen molar-refractivity contribution >= 4 is 45.6 Å². The first-order chi connectivity index (χ1) is 9.60. The number of halogens is 2. The summed E-state index contributed by atoms with van der Waals surface area (Å²) in [6.45, 7) is 0.0176.